The van der Waals surface area contributed by atoms with Gasteiger partial charge in [0.2, 0.25) is 5.91 Å². The predicted octanol–water partition coefficient (Wildman–Crippen LogP) is 4.99. The number of likely N-dealkylation sites (tertiary alicyclic amines) is 1. The molecule has 1 fully saturated rings. The molecule has 1 heterocycles. The highest BCUT2D eigenvalue weighted by molar-refractivity contribution is 6.30. The van der Waals surface area contributed by atoms with Gasteiger partial charge in [-0.25, -0.2) is 0 Å². The number of nitrogens with two attached hydrogens (primary N) is 1. The van der Waals surface area contributed by atoms with Gasteiger partial charge >= 0.3 is 0 Å². The number of hydrogen-bond donors (Lipinski definition) is 1. The summed E-state index contributed by atoms with van der Waals surface area (Å²) in [5.74, 6) is 1.19. The predicted molar refractivity (Wildman–Crippen MR) is 136 cm³/mol. The zero-order valence-electron chi connectivity index (χ0n) is 19.8. The summed E-state index contributed by atoms with van der Waals surface area (Å²) >= 11 is 12.2. The molecule has 180 valence electrons. The van der Waals surface area contributed by atoms with Gasteiger partial charge in [0.1, 0.15) is 12.4 Å². The molecule has 7 heteroatoms. The summed E-state index contributed by atoms with van der Waals surface area (Å²) in [4.78, 5) is 17.0. The first-order chi connectivity index (χ1) is 15.8. The maximum absolute atomic E-state index is 12.9. The Labute approximate surface area is 207 Å². The van der Waals surface area contributed by atoms with Crippen LogP contribution in [-0.2, 0) is 11.2 Å². The van der Waals surface area contributed by atoms with E-state index in [1.165, 1.54) is 5.56 Å². The fourth-order valence-electron chi connectivity index (χ4n) is 4.40. The van der Waals surface area contributed by atoms with E-state index in [-0.39, 0.29) is 5.91 Å². The first-order valence-corrected chi connectivity index (χ1v) is 12.4. The molecule has 0 spiro atoms. The van der Waals surface area contributed by atoms with Crippen LogP contribution < -0.4 is 10.5 Å². The van der Waals surface area contributed by atoms with E-state index >= 15 is 0 Å². The number of carbonyl (C=O) groups is 1. The van der Waals surface area contributed by atoms with E-state index in [9.17, 15) is 4.79 Å². The monoisotopic (exact) mass is 491 g/mol. The third-order valence-electron chi connectivity index (χ3n) is 6.54. The van der Waals surface area contributed by atoms with Crippen LogP contribution in [-0.4, -0.2) is 61.6 Å². The largest absolute Gasteiger partial charge is 0.492 e. The Morgan fingerprint density at radius 3 is 2.36 bits per heavy atom. The summed E-state index contributed by atoms with van der Waals surface area (Å²) < 4.78 is 6.24. The summed E-state index contributed by atoms with van der Waals surface area (Å²) in [6.45, 7) is 4.16. The van der Waals surface area contributed by atoms with Crippen LogP contribution >= 0.6 is 23.2 Å². The molecular formula is C26H35Cl2N3O2. The normalized spacial score (nSPS) is 16.6. The lowest BCUT2D eigenvalue weighted by atomic mass is 9.88. The highest BCUT2D eigenvalue weighted by Crippen LogP contribution is 2.36. The van der Waals surface area contributed by atoms with Crippen LogP contribution in [0.5, 0.6) is 5.75 Å². The van der Waals surface area contributed by atoms with E-state index < -0.39 is 6.04 Å². The molecule has 0 aromatic heterocycles. The Kier molecular flexibility index (Phi) is 9.45. The van der Waals surface area contributed by atoms with Gasteiger partial charge in [0.05, 0.1) is 6.04 Å². The highest BCUT2D eigenvalue weighted by atomic mass is 35.5. The van der Waals surface area contributed by atoms with Gasteiger partial charge < -0.3 is 20.3 Å². The van der Waals surface area contributed by atoms with Crippen LogP contribution in [0.3, 0.4) is 0 Å². The van der Waals surface area contributed by atoms with Gasteiger partial charge in [-0.2, -0.15) is 0 Å². The Balaban J connectivity index is 1.59. The topological polar surface area (TPSA) is 58.8 Å². The average molecular weight is 492 g/mol. The molecule has 2 aromatic rings. The Hall–Kier alpha value is -1.79. The van der Waals surface area contributed by atoms with Crippen molar-refractivity contribution < 1.29 is 9.53 Å². The molecule has 0 aliphatic carbocycles. The number of amides is 1. The second kappa shape index (κ2) is 12.1. The second-order valence-corrected chi connectivity index (χ2v) is 9.93. The lowest BCUT2D eigenvalue weighted by molar-refractivity contribution is -0.133. The van der Waals surface area contributed by atoms with E-state index in [1.54, 1.807) is 0 Å². The van der Waals surface area contributed by atoms with Crippen molar-refractivity contribution in [1.29, 1.82) is 0 Å². The lowest BCUT2D eigenvalue weighted by Gasteiger charge is -2.34. The first kappa shape index (κ1) is 25.8. The molecule has 3 rings (SSSR count). The van der Waals surface area contributed by atoms with E-state index in [0.29, 0.717) is 48.1 Å². The number of hydrogen-bond acceptors (Lipinski definition) is 4. The molecule has 2 aromatic carbocycles. The number of nitrogens with zero attached hydrogens (tertiary/aromatic N) is 2. The van der Waals surface area contributed by atoms with Crippen LogP contribution in [0.25, 0.3) is 0 Å². The lowest BCUT2D eigenvalue weighted by Crippen LogP contribution is -2.47. The van der Waals surface area contributed by atoms with Crippen molar-refractivity contribution in [3.05, 3.63) is 63.6 Å². The quantitative estimate of drug-likeness (QED) is 0.536. The minimum absolute atomic E-state index is 0.00718. The fraction of sp³-hybridized carbons (Fsp3) is 0.500. The number of likely N-dealkylation sites (N-methyl/N-ethyl adjacent to an activating group) is 1. The molecule has 2 N–H and O–H groups in total. The van der Waals surface area contributed by atoms with Crippen LogP contribution in [0.4, 0.5) is 0 Å². The Morgan fingerprint density at radius 1 is 1.12 bits per heavy atom. The SMILES string of the molecule is CC[C@H](COc1cc(Cl)ccc1C1CCN(C(=O)[C@H](N)Cc2ccc(Cl)cc2)CC1)N(C)C. The van der Waals surface area contributed by atoms with Gasteiger partial charge in [-0.15, -0.1) is 0 Å². The van der Waals surface area contributed by atoms with Crippen LogP contribution in [0.15, 0.2) is 42.5 Å². The molecule has 1 aliphatic rings. The summed E-state index contributed by atoms with van der Waals surface area (Å²) in [6.07, 6.45) is 3.28. The minimum Gasteiger partial charge on any atom is -0.492 e. The van der Waals surface area contributed by atoms with E-state index in [2.05, 4.69) is 32.0 Å². The van der Waals surface area contributed by atoms with Crippen molar-refractivity contribution >= 4 is 29.1 Å². The molecule has 33 heavy (non-hydrogen) atoms. The summed E-state index contributed by atoms with van der Waals surface area (Å²) in [7, 11) is 4.14. The first-order valence-electron chi connectivity index (χ1n) is 11.7. The molecule has 0 bridgehead atoms. The van der Waals surface area contributed by atoms with Crippen molar-refractivity contribution in [2.75, 3.05) is 33.8 Å². The number of carbonyl (C=O) groups excluding carboxylic acids is 1. The minimum atomic E-state index is -0.547. The van der Waals surface area contributed by atoms with Gasteiger partial charge in [-0.1, -0.05) is 48.3 Å². The Morgan fingerprint density at radius 2 is 1.76 bits per heavy atom. The molecular weight excluding hydrogens is 457 g/mol. The van der Waals surface area contributed by atoms with Gasteiger partial charge in [-0.3, -0.25) is 4.79 Å². The maximum atomic E-state index is 12.9. The number of piperidine rings is 1. The molecule has 0 saturated carbocycles. The van der Waals surface area contributed by atoms with E-state index in [1.807, 2.05) is 41.3 Å². The van der Waals surface area contributed by atoms with Gasteiger partial charge in [0.25, 0.3) is 0 Å². The smallest absolute Gasteiger partial charge is 0.239 e. The van der Waals surface area contributed by atoms with Crippen molar-refractivity contribution in [3.8, 4) is 5.75 Å². The maximum Gasteiger partial charge on any atom is 0.239 e. The zero-order valence-corrected chi connectivity index (χ0v) is 21.3. The molecule has 0 radical (unpaired) electrons. The summed E-state index contributed by atoms with van der Waals surface area (Å²) in [5, 5.41) is 1.35. The third kappa shape index (κ3) is 7.10. The number of rotatable bonds is 9. The van der Waals surface area contributed by atoms with Crippen molar-refractivity contribution in [2.24, 2.45) is 5.73 Å². The van der Waals surface area contributed by atoms with Gasteiger partial charge in [-0.05, 0) is 81.1 Å². The number of ether oxygens (including phenoxy) is 1. The molecule has 5 nitrogen and oxygen atoms in total. The van der Waals surface area contributed by atoms with Crippen LogP contribution in [0.1, 0.15) is 43.2 Å². The number of benzene rings is 2. The molecule has 1 saturated heterocycles. The fourth-order valence-corrected chi connectivity index (χ4v) is 4.68. The second-order valence-electron chi connectivity index (χ2n) is 9.06. The van der Waals surface area contributed by atoms with E-state index in [0.717, 1.165) is 30.6 Å². The van der Waals surface area contributed by atoms with Crippen molar-refractivity contribution in [3.63, 3.8) is 0 Å². The molecule has 1 amide bonds. The number of halogens is 2. The summed E-state index contributed by atoms with van der Waals surface area (Å²) in [6, 6.07) is 13.2. The van der Waals surface area contributed by atoms with Crippen molar-refractivity contribution in [1.82, 2.24) is 9.80 Å². The van der Waals surface area contributed by atoms with Crippen LogP contribution in [0, 0.1) is 0 Å². The van der Waals surface area contributed by atoms with Crippen molar-refractivity contribution in [2.45, 2.75) is 50.6 Å². The molecule has 0 unspecified atom stereocenters. The van der Waals surface area contributed by atoms with E-state index in [4.69, 9.17) is 33.7 Å². The molecule has 1 aliphatic heterocycles. The Bertz CT molecular complexity index is 912. The van der Waals surface area contributed by atoms with Gasteiger partial charge in [0, 0.05) is 29.2 Å². The standard InChI is InChI=1S/C26H35Cl2N3O2/c1-4-22(30(2)3)17-33-25-16-21(28)9-10-23(25)19-11-13-31(14-12-19)26(32)24(29)15-18-5-7-20(27)8-6-18/h5-10,16,19,22,24H,4,11-15,17,29H2,1-3H3/t22-,24-/m1/s1. The summed E-state index contributed by atoms with van der Waals surface area (Å²) in [5.41, 5.74) is 8.43. The van der Waals surface area contributed by atoms with Crippen LogP contribution in [0.2, 0.25) is 10.0 Å². The van der Waals surface area contributed by atoms with Gasteiger partial charge in [0.15, 0.2) is 0 Å². The average Bonchev–Trinajstić information content (AvgIpc) is 2.80. The molecule has 2 atom stereocenters. The zero-order chi connectivity index (χ0) is 24.0. The third-order valence-corrected chi connectivity index (χ3v) is 7.03. The highest BCUT2D eigenvalue weighted by Gasteiger charge is 2.28.